The molecule has 2 rings (SSSR count). The van der Waals surface area contributed by atoms with Gasteiger partial charge in [0, 0.05) is 31.0 Å². The van der Waals surface area contributed by atoms with Crippen LogP contribution in [0, 0.1) is 5.92 Å². The smallest absolute Gasteiger partial charge is 0.313 e. The summed E-state index contributed by atoms with van der Waals surface area (Å²) in [5.41, 5.74) is 0.498. The van der Waals surface area contributed by atoms with E-state index < -0.39 is 17.4 Å². The lowest BCUT2D eigenvalue weighted by molar-refractivity contribution is -0.136. The molecule has 0 spiro atoms. The van der Waals surface area contributed by atoms with Crippen LogP contribution in [0.25, 0.3) is 10.9 Å². The number of hydrogen-bond donors (Lipinski definition) is 3. The summed E-state index contributed by atoms with van der Waals surface area (Å²) in [5.74, 6) is -1.03. The molecule has 1 unspecified atom stereocenters. The molecule has 2 aromatic rings. The number of amides is 2. The van der Waals surface area contributed by atoms with Crippen molar-refractivity contribution in [2.75, 3.05) is 11.9 Å². The van der Waals surface area contributed by atoms with Crippen molar-refractivity contribution in [3.05, 3.63) is 30.5 Å². The lowest BCUT2D eigenvalue weighted by Crippen LogP contribution is -2.44. The molecule has 1 atom stereocenters. The molecular weight excluding hydrogens is 318 g/mol. The number of anilines is 1. The number of aromatic nitrogens is 1. The standard InChI is InChI=1S/C19H27N3O3/c1-13(2)7-9-19(3,25)12-20-17(23)18(24)21-15-6-5-14-8-10-22(4)16(14)11-15/h5-6,8,10-11,13,25H,7,9,12H2,1-4H3,(H,20,23)(H,21,24). The molecule has 0 saturated heterocycles. The van der Waals surface area contributed by atoms with Crippen LogP contribution in [-0.4, -0.2) is 33.6 Å². The van der Waals surface area contributed by atoms with Crippen LogP contribution in [-0.2, 0) is 16.6 Å². The summed E-state index contributed by atoms with van der Waals surface area (Å²) in [6.45, 7) is 5.86. The van der Waals surface area contributed by atoms with Crippen LogP contribution >= 0.6 is 0 Å². The van der Waals surface area contributed by atoms with Gasteiger partial charge in [-0.15, -0.1) is 0 Å². The third kappa shape index (κ3) is 5.32. The Morgan fingerprint density at radius 1 is 1.24 bits per heavy atom. The fourth-order valence-corrected chi connectivity index (χ4v) is 2.57. The molecule has 0 aliphatic heterocycles. The second-order valence-electron chi connectivity index (χ2n) is 7.27. The van der Waals surface area contributed by atoms with E-state index in [9.17, 15) is 14.7 Å². The first-order valence-electron chi connectivity index (χ1n) is 8.54. The number of aryl methyl sites for hydroxylation is 1. The van der Waals surface area contributed by atoms with Gasteiger partial charge in [0.15, 0.2) is 0 Å². The fraction of sp³-hybridized carbons (Fsp3) is 0.474. The minimum Gasteiger partial charge on any atom is -0.388 e. The predicted molar refractivity (Wildman–Crippen MR) is 99.3 cm³/mol. The number of nitrogens with zero attached hydrogens (tertiary/aromatic N) is 1. The molecule has 3 N–H and O–H groups in total. The van der Waals surface area contributed by atoms with E-state index in [4.69, 9.17) is 0 Å². The molecule has 25 heavy (non-hydrogen) atoms. The summed E-state index contributed by atoms with van der Waals surface area (Å²) >= 11 is 0. The van der Waals surface area contributed by atoms with Crippen LogP contribution in [0.3, 0.4) is 0 Å². The van der Waals surface area contributed by atoms with Crippen LogP contribution in [0.1, 0.15) is 33.6 Å². The minimum absolute atomic E-state index is 0.0445. The molecule has 0 fully saturated rings. The molecular formula is C19H27N3O3. The maximum Gasteiger partial charge on any atom is 0.313 e. The Morgan fingerprint density at radius 2 is 1.96 bits per heavy atom. The number of hydrogen-bond acceptors (Lipinski definition) is 3. The molecule has 2 amide bonds. The van der Waals surface area contributed by atoms with E-state index in [0.29, 0.717) is 18.0 Å². The highest BCUT2D eigenvalue weighted by molar-refractivity contribution is 6.39. The first-order valence-corrected chi connectivity index (χ1v) is 8.54. The summed E-state index contributed by atoms with van der Waals surface area (Å²) in [5, 5.41) is 16.4. The Morgan fingerprint density at radius 3 is 2.64 bits per heavy atom. The predicted octanol–water partition coefficient (Wildman–Crippen LogP) is 2.42. The molecule has 0 saturated carbocycles. The third-order valence-electron chi connectivity index (χ3n) is 4.24. The van der Waals surface area contributed by atoms with Crippen LogP contribution in [0.4, 0.5) is 5.69 Å². The van der Waals surface area contributed by atoms with Crippen LogP contribution < -0.4 is 10.6 Å². The van der Waals surface area contributed by atoms with E-state index in [-0.39, 0.29) is 6.54 Å². The molecule has 0 aliphatic carbocycles. The molecule has 1 aromatic heterocycles. The maximum absolute atomic E-state index is 12.0. The Labute approximate surface area is 148 Å². The molecule has 6 nitrogen and oxygen atoms in total. The van der Waals surface area contributed by atoms with Gasteiger partial charge in [0.05, 0.1) is 5.60 Å². The summed E-state index contributed by atoms with van der Waals surface area (Å²) in [7, 11) is 1.92. The van der Waals surface area contributed by atoms with Gasteiger partial charge in [-0.2, -0.15) is 0 Å². The van der Waals surface area contributed by atoms with E-state index in [1.54, 1.807) is 13.0 Å². The number of nitrogens with one attached hydrogen (secondary N) is 2. The lowest BCUT2D eigenvalue weighted by atomic mass is 9.95. The summed E-state index contributed by atoms with van der Waals surface area (Å²) in [6.07, 6.45) is 3.35. The van der Waals surface area contributed by atoms with E-state index in [2.05, 4.69) is 24.5 Å². The molecule has 0 radical (unpaired) electrons. The van der Waals surface area contributed by atoms with Gasteiger partial charge in [-0.25, -0.2) is 0 Å². The molecule has 0 aliphatic rings. The summed E-state index contributed by atoms with van der Waals surface area (Å²) in [6, 6.07) is 7.44. The number of benzene rings is 1. The van der Waals surface area contributed by atoms with E-state index >= 15 is 0 Å². The molecule has 1 aromatic carbocycles. The van der Waals surface area contributed by atoms with Crippen molar-refractivity contribution in [2.45, 2.75) is 39.2 Å². The number of carbonyl (C=O) groups is 2. The zero-order valence-electron chi connectivity index (χ0n) is 15.3. The van der Waals surface area contributed by atoms with Crippen molar-refractivity contribution in [1.82, 2.24) is 9.88 Å². The van der Waals surface area contributed by atoms with Crippen molar-refractivity contribution in [2.24, 2.45) is 13.0 Å². The Hall–Kier alpha value is -2.34. The SMILES string of the molecule is CC(C)CCC(C)(O)CNC(=O)C(=O)Nc1ccc2ccn(C)c2c1. The van der Waals surface area contributed by atoms with Gasteiger partial charge in [0.25, 0.3) is 0 Å². The number of rotatable bonds is 6. The monoisotopic (exact) mass is 345 g/mol. The fourth-order valence-electron chi connectivity index (χ4n) is 2.57. The van der Waals surface area contributed by atoms with Crippen molar-refractivity contribution in [3.63, 3.8) is 0 Å². The van der Waals surface area contributed by atoms with Gasteiger partial charge in [-0.05, 0) is 49.3 Å². The highest BCUT2D eigenvalue weighted by Crippen LogP contribution is 2.19. The average Bonchev–Trinajstić information content (AvgIpc) is 2.92. The van der Waals surface area contributed by atoms with Gasteiger partial charge in [-0.3, -0.25) is 9.59 Å². The van der Waals surface area contributed by atoms with E-state index in [1.807, 2.05) is 36.0 Å². The van der Waals surface area contributed by atoms with Crippen LogP contribution in [0.15, 0.2) is 30.5 Å². The van der Waals surface area contributed by atoms with Gasteiger partial charge < -0.3 is 20.3 Å². The Bertz CT molecular complexity index is 762. The third-order valence-corrected chi connectivity index (χ3v) is 4.24. The minimum atomic E-state index is -1.03. The maximum atomic E-state index is 12.0. The van der Waals surface area contributed by atoms with E-state index in [1.165, 1.54) is 0 Å². The number of carbonyl (C=O) groups excluding carboxylic acids is 2. The van der Waals surface area contributed by atoms with Gasteiger partial charge in [-0.1, -0.05) is 19.9 Å². The van der Waals surface area contributed by atoms with Crippen LogP contribution in [0.5, 0.6) is 0 Å². The largest absolute Gasteiger partial charge is 0.388 e. The second-order valence-corrected chi connectivity index (χ2v) is 7.27. The lowest BCUT2D eigenvalue weighted by Gasteiger charge is -2.24. The quantitative estimate of drug-likeness (QED) is 0.703. The Balaban J connectivity index is 1.91. The molecule has 6 heteroatoms. The topological polar surface area (TPSA) is 83.4 Å². The van der Waals surface area contributed by atoms with Crippen LogP contribution in [0.2, 0.25) is 0 Å². The molecule has 0 bridgehead atoms. The number of aliphatic hydroxyl groups is 1. The highest BCUT2D eigenvalue weighted by atomic mass is 16.3. The van der Waals surface area contributed by atoms with Gasteiger partial charge >= 0.3 is 11.8 Å². The molecule has 136 valence electrons. The Kier molecular flexibility index (Phi) is 5.85. The second kappa shape index (κ2) is 7.70. The normalized spacial score (nSPS) is 13.7. The van der Waals surface area contributed by atoms with Crippen molar-refractivity contribution in [3.8, 4) is 0 Å². The van der Waals surface area contributed by atoms with Crippen molar-refractivity contribution >= 4 is 28.4 Å². The van der Waals surface area contributed by atoms with E-state index in [0.717, 1.165) is 17.3 Å². The zero-order valence-corrected chi connectivity index (χ0v) is 15.3. The zero-order chi connectivity index (χ0) is 18.6. The van der Waals surface area contributed by atoms with Crippen molar-refractivity contribution < 1.29 is 14.7 Å². The summed E-state index contributed by atoms with van der Waals surface area (Å²) in [4.78, 5) is 24.0. The number of fused-ring (bicyclic) bond motifs is 1. The summed E-state index contributed by atoms with van der Waals surface area (Å²) < 4.78 is 1.94. The average molecular weight is 345 g/mol. The van der Waals surface area contributed by atoms with Gasteiger partial charge in [0.2, 0.25) is 0 Å². The van der Waals surface area contributed by atoms with Crippen molar-refractivity contribution in [1.29, 1.82) is 0 Å². The first kappa shape index (κ1) is 19.0. The highest BCUT2D eigenvalue weighted by Gasteiger charge is 2.23. The van der Waals surface area contributed by atoms with Gasteiger partial charge in [0.1, 0.15) is 0 Å². The first-order chi connectivity index (χ1) is 11.7. The molecule has 1 heterocycles.